The number of aliphatic hydroxyl groups is 1. The van der Waals surface area contributed by atoms with Gasteiger partial charge in [0.15, 0.2) is 0 Å². The number of nitrogens with two attached hydrogens (primary N) is 1. The molecule has 4 amide bonds. The molecule has 3 aromatic rings. The molecule has 0 saturated heterocycles. The van der Waals surface area contributed by atoms with Gasteiger partial charge in [-0.3, -0.25) is 14.4 Å². The van der Waals surface area contributed by atoms with Crippen LogP contribution >= 0.6 is 0 Å². The Balaban J connectivity index is 1.82. The van der Waals surface area contributed by atoms with Crippen molar-refractivity contribution >= 4 is 23.8 Å². The maximum Gasteiger partial charge on any atom is 0.407 e. The van der Waals surface area contributed by atoms with Crippen LogP contribution in [0.1, 0.15) is 70.6 Å². The predicted molar refractivity (Wildman–Crippen MR) is 195 cm³/mol. The summed E-state index contributed by atoms with van der Waals surface area (Å²) in [5.74, 6) is -2.32. The number of nitrogens with one attached hydrogen (secondary N) is 3. The number of hydrogen-bond donors (Lipinski definition) is 5. The van der Waals surface area contributed by atoms with Crippen LogP contribution in [0.2, 0.25) is 0 Å². The maximum atomic E-state index is 14.1. The van der Waals surface area contributed by atoms with Gasteiger partial charge in [0.05, 0.1) is 12.1 Å². The van der Waals surface area contributed by atoms with Crippen molar-refractivity contribution in [2.24, 2.45) is 17.6 Å². The first-order valence-corrected chi connectivity index (χ1v) is 17.4. The van der Waals surface area contributed by atoms with Crippen LogP contribution in [-0.4, -0.2) is 58.8 Å². The second kappa shape index (κ2) is 19.5. The topological polar surface area (TPSA) is 160 Å². The number of primary amides is 1. The van der Waals surface area contributed by atoms with Crippen molar-refractivity contribution < 1.29 is 29.0 Å². The van der Waals surface area contributed by atoms with Gasteiger partial charge < -0.3 is 31.5 Å². The minimum Gasteiger partial charge on any atom is -0.444 e. The van der Waals surface area contributed by atoms with Crippen molar-refractivity contribution in [1.82, 2.24) is 16.0 Å². The maximum absolute atomic E-state index is 14.1. The van der Waals surface area contributed by atoms with Crippen LogP contribution in [-0.2, 0) is 38.4 Å². The van der Waals surface area contributed by atoms with E-state index in [4.69, 9.17) is 10.5 Å². The molecule has 0 bridgehead atoms. The van der Waals surface area contributed by atoms with E-state index in [0.717, 1.165) is 16.7 Å². The van der Waals surface area contributed by atoms with Crippen LogP contribution in [0.4, 0.5) is 4.79 Å². The highest BCUT2D eigenvalue weighted by Crippen LogP contribution is 2.20. The number of amides is 4. The van der Waals surface area contributed by atoms with E-state index in [1.807, 2.05) is 105 Å². The highest BCUT2D eigenvalue weighted by atomic mass is 16.6. The van der Waals surface area contributed by atoms with Crippen LogP contribution in [0.25, 0.3) is 0 Å². The Kier molecular flexibility index (Phi) is 15.5. The Morgan fingerprint density at radius 2 is 1.20 bits per heavy atom. The predicted octanol–water partition coefficient (Wildman–Crippen LogP) is 4.87. The lowest BCUT2D eigenvalue weighted by Crippen LogP contribution is -2.54. The molecule has 0 aliphatic heterocycles. The smallest absolute Gasteiger partial charge is 0.407 e. The van der Waals surface area contributed by atoms with E-state index in [1.165, 1.54) is 0 Å². The zero-order valence-electron chi connectivity index (χ0n) is 29.9. The number of benzene rings is 3. The molecule has 0 aliphatic carbocycles. The highest BCUT2D eigenvalue weighted by molar-refractivity contribution is 5.92. The van der Waals surface area contributed by atoms with E-state index in [9.17, 15) is 24.3 Å². The van der Waals surface area contributed by atoms with E-state index in [1.54, 1.807) is 20.8 Å². The molecule has 0 radical (unpaired) electrons. The Hall–Kier alpha value is -4.70. The molecule has 0 spiro atoms. The quantitative estimate of drug-likeness (QED) is 0.128. The average Bonchev–Trinajstić information content (AvgIpc) is 3.05. The number of hydrogen-bond acceptors (Lipinski definition) is 6. The van der Waals surface area contributed by atoms with Gasteiger partial charge in [-0.05, 0) is 81.9 Å². The first-order valence-electron chi connectivity index (χ1n) is 17.4. The number of aliphatic hydroxyl groups excluding tert-OH is 1. The van der Waals surface area contributed by atoms with Gasteiger partial charge >= 0.3 is 6.09 Å². The van der Waals surface area contributed by atoms with Crippen molar-refractivity contribution in [2.45, 2.75) is 103 Å². The zero-order valence-corrected chi connectivity index (χ0v) is 29.9. The van der Waals surface area contributed by atoms with Crippen LogP contribution < -0.4 is 21.7 Å². The third-order valence-corrected chi connectivity index (χ3v) is 8.25. The molecule has 5 atom stereocenters. The van der Waals surface area contributed by atoms with Crippen LogP contribution in [0.5, 0.6) is 0 Å². The van der Waals surface area contributed by atoms with Crippen LogP contribution in [0, 0.1) is 11.8 Å². The summed E-state index contributed by atoms with van der Waals surface area (Å²) in [7, 11) is 0. The van der Waals surface area contributed by atoms with Crippen LogP contribution in [0.3, 0.4) is 0 Å². The van der Waals surface area contributed by atoms with E-state index < -0.39 is 59.6 Å². The second-order valence-corrected chi connectivity index (χ2v) is 14.3. The normalized spacial score (nSPS) is 14.5. The van der Waals surface area contributed by atoms with Crippen molar-refractivity contribution in [2.75, 3.05) is 0 Å². The minimum atomic E-state index is -1.14. The SMILES string of the molecule is CC(C)CC(NC(=O)[C@H](Cc1ccccc1)CC(O)C(Cc1ccccc1)NC(=O)OC(C)(C)C)C(=O)N[C@@H](CCc1ccccc1)C(N)=O. The highest BCUT2D eigenvalue weighted by Gasteiger charge is 2.33. The van der Waals surface area contributed by atoms with E-state index in [0.29, 0.717) is 25.7 Å². The average molecular weight is 687 g/mol. The summed E-state index contributed by atoms with van der Waals surface area (Å²) in [4.78, 5) is 53.0. The zero-order chi connectivity index (χ0) is 36.7. The number of aryl methyl sites for hydroxylation is 1. The lowest BCUT2D eigenvalue weighted by atomic mass is 9.88. The molecule has 0 aromatic heterocycles. The monoisotopic (exact) mass is 686 g/mol. The number of rotatable bonds is 18. The molecule has 3 aromatic carbocycles. The summed E-state index contributed by atoms with van der Waals surface area (Å²) < 4.78 is 5.49. The first kappa shape index (κ1) is 39.7. The van der Waals surface area contributed by atoms with Crippen molar-refractivity contribution in [3.05, 3.63) is 108 Å². The number of carbonyl (C=O) groups is 4. The summed E-state index contributed by atoms with van der Waals surface area (Å²) in [5.41, 5.74) is 7.71. The van der Waals surface area contributed by atoms with Gasteiger partial charge in [-0.1, -0.05) is 105 Å². The molecule has 0 aliphatic rings. The molecule has 10 nitrogen and oxygen atoms in total. The fourth-order valence-corrected chi connectivity index (χ4v) is 5.75. The first-order chi connectivity index (χ1) is 23.7. The molecule has 0 heterocycles. The lowest BCUT2D eigenvalue weighted by Gasteiger charge is -2.30. The fraction of sp³-hybridized carbons (Fsp3) is 0.450. The summed E-state index contributed by atoms with van der Waals surface area (Å²) >= 11 is 0. The second-order valence-electron chi connectivity index (χ2n) is 14.3. The third kappa shape index (κ3) is 14.4. The lowest BCUT2D eigenvalue weighted by molar-refractivity contribution is -0.133. The summed E-state index contributed by atoms with van der Waals surface area (Å²) in [5, 5.41) is 20.2. The molecule has 10 heteroatoms. The summed E-state index contributed by atoms with van der Waals surface area (Å²) in [6.45, 7) is 9.15. The Labute approximate surface area is 296 Å². The van der Waals surface area contributed by atoms with Crippen molar-refractivity contribution in [3.63, 3.8) is 0 Å². The molecule has 0 saturated carbocycles. The van der Waals surface area contributed by atoms with Gasteiger partial charge in [0.2, 0.25) is 17.7 Å². The molecule has 50 heavy (non-hydrogen) atoms. The summed E-state index contributed by atoms with van der Waals surface area (Å²) in [6.07, 6.45) is -0.0759. The van der Waals surface area contributed by atoms with Crippen molar-refractivity contribution in [1.29, 1.82) is 0 Å². The molecule has 6 N–H and O–H groups in total. The Bertz CT molecular complexity index is 1490. The van der Waals surface area contributed by atoms with E-state index in [-0.39, 0.29) is 18.8 Å². The third-order valence-electron chi connectivity index (χ3n) is 8.25. The van der Waals surface area contributed by atoms with Gasteiger partial charge in [0.25, 0.3) is 0 Å². The van der Waals surface area contributed by atoms with Crippen LogP contribution in [0.15, 0.2) is 91.0 Å². The standard InChI is InChI=1S/C40H54N4O6/c1-27(2)23-34(38(48)42-32(36(41)46)22-21-28-15-9-6-10-16-28)43-37(47)31(24-29-17-11-7-12-18-29)26-35(45)33(25-30-19-13-8-14-20-30)44-39(49)50-40(3,4)5/h6-20,27,31-35,45H,21-26H2,1-5H3,(H2,41,46)(H,42,48)(H,43,47)(H,44,49)/t31-,32+,33?,34?,35?/m1/s1. The Morgan fingerprint density at radius 3 is 1.70 bits per heavy atom. The molecule has 3 rings (SSSR count). The largest absolute Gasteiger partial charge is 0.444 e. The fourth-order valence-electron chi connectivity index (χ4n) is 5.75. The molecule has 270 valence electrons. The van der Waals surface area contributed by atoms with E-state index in [2.05, 4.69) is 16.0 Å². The van der Waals surface area contributed by atoms with E-state index >= 15 is 0 Å². The Morgan fingerprint density at radius 1 is 0.700 bits per heavy atom. The molecular weight excluding hydrogens is 632 g/mol. The number of ether oxygens (including phenoxy) is 1. The minimum absolute atomic E-state index is 0.00890. The van der Waals surface area contributed by atoms with Gasteiger partial charge in [-0.2, -0.15) is 0 Å². The molecule has 0 fully saturated rings. The summed E-state index contributed by atoms with van der Waals surface area (Å²) in [6, 6.07) is 25.8. The van der Waals surface area contributed by atoms with Gasteiger partial charge in [0, 0.05) is 5.92 Å². The van der Waals surface area contributed by atoms with Gasteiger partial charge in [0.1, 0.15) is 17.7 Å². The molecular formula is C40H54N4O6. The van der Waals surface area contributed by atoms with Gasteiger partial charge in [-0.15, -0.1) is 0 Å². The number of carbonyl (C=O) groups excluding carboxylic acids is 4. The van der Waals surface area contributed by atoms with Crippen molar-refractivity contribution in [3.8, 4) is 0 Å². The molecule has 3 unspecified atom stereocenters. The van der Waals surface area contributed by atoms with Gasteiger partial charge in [-0.25, -0.2) is 4.79 Å². The number of alkyl carbamates (subject to hydrolysis) is 1.